The largest absolute Gasteiger partial charge is 0.497 e. The Morgan fingerprint density at radius 3 is 2.49 bits per heavy atom. The molecule has 2 atom stereocenters. The van der Waals surface area contributed by atoms with Crippen molar-refractivity contribution < 1.29 is 23.3 Å². The van der Waals surface area contributed by atoms with Crippen LogP contribution in [0, 0.1) is 5.92 Å². The number of piperazine rings is 1. The summed E-state index contributed by atoms with van der Waals surface area (Å²) in [5.74, 6) is 0.699. The molecule has 6 rings (SSSR count). The molecule has 0 spiro atoms. The Labute approximate surface area is 281 Å². The number of amides is 2. The van der Waals surface area contributed by atoms with Gasteiger partial charge in [-0.15, -0.1) is 0 Å². The molecule has 3 aromatic rings. The number of carbonyl (C=O) groups is 2. The van der Waals surface area contributed by atoms with E-state index in [2.05, 4.69) is 32.4 Å². The lowest BCUT2D eigenvalue weighted by molar-refractivity contribution is -0.137. The topological polar surface area (TPSA) is 96.3 Å². The molecular formula is C36H49N5O5S. The maximum atomic E-state index is 14.4. The Hall–Kier alpha value is -3.25. The zero-order valence-corrected chi connectivity index (χ0v) is 29.1. The van der Waals surface area contributed by atoms with Gasteiger partial charge in [0.2, 0.25) is 5.91 Å². The Morgan fingerprint density at radius 2 is 1.79 bits per heavy atom. The van der Waals surface area contributed by atoms with Crippen LogP contribution in [0.4, 0.5) is 0 Å². The molecule has 47 heavy (non-hydrogen) atoms. The van der Waals surface area contributed by atoms with E-state index >= 15 is 0 Å². The van der Waals surface area contributed by atoms with Crippen LogP contribution in [0.2, 0.25) is 0 Å². The van der Waals surface area contributed by atoms with Crippen molar-refractivity contribution in [3.8, 4) is 17.0 Å². The van der Waals surface area contributed by atoms with Gasteiger partial charge in [0.15, 0.2) is 11.2 Å². The summed E-state index contributed by atoms with van der Waals surface area (Å²) in [5.41, 5.74) is 6.15. The second-order valence-electron chi connectivity index (χ2n) is 13.2. The van der Waals surface area contributed by atoms with Crippen LogP contribution in [-0.4, -0.2) is 102 Å². The molecule has 2 fully saturated rings. The van der Waals surface area contributed by atoms with Crippen molar-refractivity contribution in [2.75, 3.05) is 67.1 Å². The van der Waals surface area contributed by atoms with E-state index in [1.54, 1.807) is 21.2 Å². The van der Waals surface area contributed by atoms with Crippen LogP contribution in [-0.2, 0) is 33.7 Å². The Bertz CT molecular complexity index is 1620. The van der Waals surface area contributed by atoms with E-state index in [-0.39, 0.29) is 17.7 Å². The van der Waals surface area contributed by atoms with Gasteiger partial charge in [-0.3, -0.25) is 19.2 Å². The minimum absolute atomic E-state index is 0.174. The van der Waals surface area contributed by atoms with E-state index < -0.39 is 11.2 Å². The van der Waals surface area contributed by atoms with E-state index in [0.717, 1.165) is 65.9 Å². The highest BCUT2D eigenvalue weighted by atomic mass is 32.2. The molecule has 1 saturated heterocycles. The van der Waals surface area contributed by atoms with Gasteiger partial charge in [0.25, 0.3) is 5.91 Å². The number of nitrogens with zero attached hydrogens (tertiary/aromatic N) is 4. The van der Waals surface area contributed by atoms with Crippen LogP contribution in [0.1, 0.15) is 66.4 Å². The summed E-state index contributed by atoms with van der Waals surface area (Å²) in [7, 11) is 5.01. The first kappa shape index (κ1) is 33.6. The van der Waals surface area contributed by atoms with Crippen molar-refractivity contribution in [2.45, 2.75) is 57.9 Å². The van der Waals surface area contributed by atoms with Gasteiger partial charge in [0.1, 0.15) is 5.75 Å². The number of hydrogen-bond donors (Lipinski definition) is 1. The molecule has 1 aliphatic carbocycles. The van der Waals surface area contributed by atoms with E-state index in [9.17, 15) is 13.8 Å². The third kappa shape index (κ3) is 7.13. The molecule has 0 bridgehead atoms. The number of methoxy groups -OCH3 is 1. The Kier molecular flexibility index (Phi) is 10.7. The molecule has 11 heteroatoms. The van der Waals surface area contributed by atoms with Crippen molar-refractivity contribution in [1.82, 2.24) is 23.4 Å². The van der Waals surface area contributed by atoms with Crippen molar-refractivity contribution in [3.63, 3.8) is 0 Å². The van der Waals surface area contributed by atoms with Gasteiger partial charge in [-0.25, -0.2) is 8.51 Å². The van der Waals surface area contributed by atoms with Crippen LogP contribution in [0.25, 0.3) is 22.2 Å². The monoisotopic (exact) mass is 663 g/mol. The summed E-state index contributed by atoms with van der Waals surface area (Å²) in [4.78, 5) is 32.1. The number of carbonyl (C=O) groups excluding carboxylic acids is 2. The highest BCUT2D eigenvalue weighted by Crippen LogP contribution is 2.47. The average molecular weight is 664 g/mol. The molecule has 0 radical (unpaired) electrons. The van der Waals surface area contributed by atoms with Gasteiger partial charge in [0.05, 0.1) is 25.3 Å². The lowest BCUT2D eigenvalue weighted by Crippen LogP contribution is -2.51. The van der Waals surface area contributed by atoms with Crippen LogP contribution in [0.3, 0.4) is 0 Å². The summed E-state index contributed by atoms with van der Waals surface area (Å²) in [5, 5.41) is 1.13. The molecule has 3 aliphatic rings. The zero-order chi connectivity index (χ0) is 33.1. The fourth-order valence-corrected chi connectivity index (χ4v) is 8.09. The lowest BCUT2D eigenvalue weighted by atomic mass is 9.81. The molecule has 1 aromatic heterocycles. The number of hydrogen-bond acceptors (Lipinski definition) is 6. The number of aromatic nitrogens is 1. The molecule has 254 valence electrons. The van der Waals surface area contributed by atoms with Crippen molar-refractivity contribution in [3.05, 3.63) is 53.1 Å². The van der Waals surface area contributed by atoms with Crippen molar-refractivity contribution in [2.24, 2.45) is 5.92 Å². The van der Waals surface area contributed by atoms with Gasteiger partial charge in [0, 0.05) is 82.0 Å². The minimum atomic E-state index is -1.64. The first-order chi connectivity index (χ1) is 22.8. The van der Waals surface area contributed by atoms with E-state index in [0.29, 0.717) is 50.8 Å². The van der Waals surface area contributed by atoms with Crippen molar-refractivity contribution >= 4 is 33.9 Å². The quantitative estimate of drug-likeness (QED) is 0.319. The van der Waals surface area contributed by atoms with E-state index in [4.69, 9.17) is 9.47 Å². The van der Waals surface area contributed by atoms with E-state index in [1.165, 1.54) is 29.1 Å². The minimum Gasteiger partial charge on any atom is -0.497 e. The fourth-order valence-electron chi connectivity index (χ4n) is 7.63. The standard InChI is InChI=1S/C36H49N5O5S/c1-5-46-20-19-39-15-17-40(18-16-39)36(43)28-21-27-22-29(45-4)12-14-30(27)34-33(25-9-7-6-8-10-25)31-13-11-26(23-32(31)41(34)24-28)35(42)37-47(44)38(2)3/h11-14,22-23,25,28H,5-10,15-21,24H2,1-4H3,(H,37,42). The zero-order valence-electron chi connectivity index (χ0n) is 28.3. The lowest BCUT2D eigenvalue weighted by Gasteiger charge is -2.36. The second kappa shape index (κ2) is 14.9. The predicted molar refractivity (Wildman–Crippen MR) is 186 cm³/mol. The number of fused-ring (bicyclic) bond motifs is 5. The molecule has 2 amide bonds. The highest BCUT2D eigenvalue weighted by Gasteiger charge is 2.35. The number of benzene rings is 2. The second-order valence-corrected chi connectivity index (χ2v) is 14.7. The fraction of sp³-hybridized carbons (Fsp3) is 0.556. The first-order valence-corrected chi connectivity index (χ1v) is 18.2. The van der Waals surface area contributed by atoms with E-state index in [1.807, 2.05) is 30.0 Å². The van der Waals surface area contributed by atoms with Gasteiger partial charge in [-0.1, -0.05) is 25.3 Å². The molecule has 2 aromatic carbocycles. The third-order valence-electron chi connectivity index (χ3n) is 10.1. The average Bonchev–Trinajstić information content (AvgIpc) is 3.30. The predicted octanol–water partition coefficient (Wildman–Crippen LogP) is 4.59. The van der Waals surface area contributed by atoms with Gasteiger partial charge in [-0.2, -0.15) is 0 Å². The summed E-state index contributed by atoms with van der Waals surface area (Å²) in [6, 6.07) is 12.1. The Morgan fingerprint density at radius 1 is 1.02 bits per heavy atom. The van der Waals surface area contributed by atoms with Crippen LogP contribution < -0.4 is 9.46 Å². The van der Waals surface area contributed by atoms with Gasteiger partial charge in [-0.05, 0) is 73.6 Å². The van der Waals surface area contributed by atoms with Crippen LogP contribution >= 0.6 is 0 Å². The summed E-state index contributed by atoms with van der Waals surface area (Å²) >= 11 is -1.64. The maximum absolute atomic E-state index is 14.4. The molecule has 1 N–H and O–H groups in total. The molecule has 2 unspecified atom stereocenters. The van der Waals surface area contributed by atoms with Crippen LogP contribution in [0.15, 0.2) is 36.4 Å². The number of rotatable bonds is 10. The summed E-state index contributed by atoms with van der Waals surface area (Å²) < 4.78 is 30.1. The van der Waals surface area contributed by atoms with Gasteiger partial charge >= 0.3 is 0 Å². The van der Waals surface area contributed by atoms with Crippen molar-refractivity contribution in [1.29, 1.82) is 0 Å². The Balaban J connectivity index is 1.42. The van der Waals surface area contributed by atoms with Crippen LogP contribution in [0.5, 0.6) is 5.75 Å². The highest BCUT2D eigenvalue weighted by molar-refractivity contribution is 7.81. The maximum Gasteiger partial charge on any atom is 0.264 e. The summed E-state index contributed by atoms with van der Waals surface area (Å²) in [6.07, 6.45) is 6.50. The van der Waals surface area contributed by atoms with Gasteiger partial charge < -0.3 is 18.9 Å². The summed E-state index contributed by atoms with van der Waals surface area (Å²) in [6.45, 7) is 7.92. The number of nitrogens with one attached hydrogen (secondary N) is 1. The molecule has 1 saturated carbocycles. The number of ether oxygens (including phenoxy) is 2. The first-order valence-electron chi connectivity index (χ1n) is 17.1. The molecule has 10 nitrogen and oxygen atoms in total. The molecular weight excluding hydrogens is 614 g/mol. The molecule has 3 heterocycles. The smallest absolute Gasteiger partial charge is 0.264 e. The third-order valence-corrected chi connectivity index (χ3v) is 11.1. The molecule has 2 aliphatic heterocycles. The normalized spacial score (nSPS) is 19.7. The SMILES string of the molecule is CCOCCN1CCN(C(=O)C2Cc3cc(OC)ccc3-c3c(C4CCCCC4)c4ccc(C(=O)NS(=O)N(C)C)cc4n3C2)CC1.